The molecule has 23 heavy (non-hydrogen) atoms. The van der Waals surface area contributed by atoms with Crippen LogP contribution in [0.25, 0.3) is 0 Å². The van der Waals surface area contributed by atoms with Crippen molar-refractivity contribution in [2.45, 2.75) is 115 Å². The van der Waals surface area contributed by atoms with Gasteiger partial charge in [0.15, 0.2) is 0 Å². The lowest BCUT2D eigenvalue weighted by atomic mass is 10.0. The number of carbonyl (C=O) groups is 1. The predicted molar refractivity (Wildman–Crippen MR) is 90.2 cm³/mol. The average Bonchev–Trinajstić information content (AvgIpc) is 3.18. The van der Waals surface area contributed by atoms with Crippen LogP contribution in [0.5, 0.6) is 0 Å². The van der Waals surface area contributed by atoms with Gasteiger partial charge in [0.25, 0.3) is 0 Å². The Bertz CT molecular complexity index is 344. The van der Waals surface area contributed by atoms with Crippen molar-refractivity contribution in [2.24, 2.45) is 0 Å². The standard InChI is InChI=1S/C19H34O4/c1-2-3-4-5-6-7-8-9-10-15(20)16-11-12-17(22-16)18-13-14-19(21)23-18/h15-18,20H,2-14H2,1H3/t15-,16-,17+,18-/m1/s1. The monoisotopic (exact) mass is 326 g/mol. The Morgan fingerprint density at radius 1 is 1.00 bits per heavy atom. The van der Waals surface area contributed by atoms with E-state index in [9.17, 15) is 9.90 Å². The minimum absolute atomic E-state index is 0.000310. The van der Waals surface area contributed by atoms with Gasteiger partial charge in [0.05, 0.1) is 18.3 Å². The van der Waals surface area contributed by atoms with E-state index in [1.165, 1.54) is 44.9 Å². The largest absolute Gasteiger partial charge is 0.460 e. The van der Waals surface area contributed by atoms with Gasteiger partial charge in [0.2, 0.25) is 0 Å². The van der Waals surface area contributed by atoms with Gasteiger partial charge in [-0.3, -0.25) is 4.79 Å². The predicted octanol–water partition coefficient (Wildman–Crippen LogP) is 4.13. The molecule has 2 fully saturated rings. The lowest BCUT2D eigenvalue weighted by Gasteiger charge is -2.21. The SMILES string of the molecule is CCCCCCCCCC[C@@H](O)[C@H]1CC[C@@H]([C@H]2CCC(=O)O2)O1. The molecule has 4 heteroatoms. The van der Waals surface area contributed by atoms with Crippen LogP contribution in [0.15, 0.2) is 0 Å². The van der Waals surface area contributed by atoms with Gasteiger partial charge in [0.1, 0.15) is 6.10 Å². The molecule has 0 aromatic carbocycles. The summed E-state index contributed by atoms with van der Waals surface area (Å²) in [5.41, 5.74) is 0. The zero-order valence-electron chi connectivity index (χ0n) is 14.7. The quantitative estimate of drug-likeness (QED) is 0.458. The Morgan fingerprint density at radius 2 is 1.70 bits per heavy atom. The zero-order chi connectivity index (χ0) is 16.5. The maximum atomic E-state index is 11.2. The van der Waals surface area contributed by atoms with E-state index in [4.69, 9.17) is 9.47 Å². The minimum Gasteiger partial charge on any atom is -0.460 e. The summed E-state index contributed by atoms with van der Waals surface area (Å²) in [7, 11) is 0. The Morgan fingerprint density at radius 3 is 2.35 bits per heavy atom. The highest BCUT2D eigenvalue weighted by atomic mass is 16.6. The van der Waals surface area contributed by atoms with Gasteiger partial charge in [-0.25, -0.2) is 0 Å². The van der Waals surface area contributed by atoms with E-state index in [0.717, 1.165) is 32.1 Å². The van der Waals surface area contributed by atoms with Crippen LogP contribution in [0.3, 0.4) is 0 Å². The van der Waals surface area contributed by atoms with Gasteiger partial charge in [-0.1, -0.05) is 58.3 Å². The molecule has 0 aliphatic carbocycles. The molecule has 0 saturated carbocycles. The van der Waals surface area contributed by atoms with E-state index in [2.05, 4.69) is 6.92 Å². The van der Waals surface area contributed by atoms with Gasteiger partial charge in [0, 0.05) is 6.42 Å². The second-order valence-corrected chi connectivity index (χ2v) is 7.19. The molecule has 0 amide bonds. The van der Waals surface area contributed by atoms with Crippen LogP contribution in [0, 0.1) is 0 Å². The molecular formula is C19H34O4. The van der Waals surface area contributed by atoms with Crippen molar-refractivity contribution in [3.05, 3.63) is 0 Å². The van der Waals surface area contributed by atoms with Crippen molar-refractivity contribution >= 4 is 5.97 Å². The van der Waals surface area contributed by atoms with E-state index in [1.807, 2.05) is 0 Å². The fourth-order valence-electron chi connectivity index (χ4n) is 3.73. The summed E-state index contributed by atoms with van der Waals surface area (Å²) in [6.07, 6.45) is 13.6. The Labute approximate surface area is 140 Å². The first-order valence-corrected chi connectivity index (χ1v) is 9.73. The van der Waals surface area contributed by atoms with Crippen molar-refractivity contribution in [1.29, 1.82) is 0 Å². The number of ether oxygens (including phenoxy) is 2. The number of hydrogen-bond donors (Lipinski definition) is 1. The fourth-order valence-corrected chi connectivity index (χ4v) is 3.73. The molecule has 1 N–H and O–H groups in total. The van der Waals surface area contributed by atoms with Crippen LogP contribution in [-0.2, 0) is 14.3 Å². The topological polar surface area (TPSA) is 55.8 Å². The van der Waals surface area contributed by atoms with Crippen LogP contribution in [-0.4, -0.2) is 35.5 Å². The molecule has 0 unspecified atom stereocenters. The van der Waals surface area contributed by atoms with Crippen LogP contribution in [0.1, 0.15) is 90.4 Å². The van der Waals surface area contributed by atoms with E-state index in [0.29, 0.717) is 6.42 Å². The van der Waals surface area contributed by atoms with Gasteiger partial charge < -0.3 is 14.6 Å². The van der Waals surface area contributed by atoms with Crippen LogP contribution >= 0.6 is 0 Å². The molecular weight excluding hydrogens is 292 g/mol. The highest BCUT2D eigenvalue weighted by Crippen LogP contribution is 2.31. The van der Waals surface area contributed by atoms with Crippen LogP contribution in [0.2, 0.25) is 0 Å². The van der Waals surface area contributed by atoms with Gasteiger partial charge >= 0.3 is 5.97 Å². The zero-order valence-corrected chi connectivity index (χ0v) is 14.7. The molecule has 2 heterocycles. The van der Waals surface area contributed by atoms with Crippen molar-refractivity contribution < 1.29 is 19.4 Å². The number of aliphatic hydroxyl groups excluding tert-OH is 1. The Balaban J connectivity index is 1.51. The third-order valence-corrected chi connectivity index (χ3v) is 5.20. The van der Waals surface area contributed by atoms with E-state index < -0.39 is 0 Å². The summed E-state index contributed by atoms with van der Waals surface area (Å²) in [4.78, 5) is 11.2. The highest BCUT2D eigenvalue weighted by molar-refractivity contribution is 5.71. The third-order valence-electron chi connectivity index (χ3n) is 5.20. The maximum Gasteiger partial charge on any atom is 0.306 e. The summed E-state index contributed by atoms with van der Waals surface area (Å²) in [5, 5.41) is 10.3. The number of cyclic esters (lactones) is 1. The summed E-state index contributed by atoms with van der Waals surface area (Å²) in [6.45, 7) is 2.24. The van der Waals surface area contributed by atoms with E-state index in [-0.39, 0.29) is 30.4 Å². The smallest absolute Gasteiger partial charge is 0.306 e. The second kappa shape index (κ2) is 10.3. The summed E-state index contributed by atoms with van der Waals surface area (Å²) >= 11 is 0. The number of aliphatic hydroxyl groups is 1. The molecule has 4 atom stereocenters. The first kappa shape index (κ1) is 18.7. The molecule has 0 radical (unpaired) electrons. The lowest BCUT2D eigenvalue weighted by molar-refractivity contribution is -0.148. The van der Waals surface area contributed by atoms with Gasteiger partial charge in [-0.05, 0) is 25.7 Å². The fraction of sp³-hybridized carbons (Fsp3) is 0.947. The molecule has 0 bridgehead atoms. The van der Waals surface area contributed by atoms with Crippen molar-refractivity contribution in [3.8, 4) is 0 Å². The number of rotatable bonds is 11. The second-order valence-electron chi connectivity index (χ2n) is 7.19. The number of carbonyl (C=O) groups excluding carboxylic acids is 1. The molecule has 2 aliphatic heterocycles. The van der Waals surface area contributed by atoms with E-state index in [1.54, 1.807) is 0 Å². The number of hydrogen-bond acceptors (Lipinski definition) is 4. The van der Waals surface area contributed by atoms with Crippen molar-refractivity contribution in [3.63, 3.8) is 0 Å². The summed E-state index contributed by atoms with van der Waals surface area (Å²) in [5.74, 6) is -0.110. The van der Waals surface area contributed by atoms with Crippen LogP contribution < -0.4 is 0 Å². The molecule has 4 nitrogen and oxygen atoms in total. The average molecular weight is 326 g/mol. The lowest BCUT2D eigenvalue weighted by Crippen LogP contribution is -2.30. The molecule has 0 aromatic rings. The first-order valence-electron chi connectivity index (χ1n) is 9.73. The van der Waals surface area contributed by atoms with Crippen molar-refractivity contribution in [2.75, 3.05) is 0 Å². The van der Waals surface area contributed by atoms with Crippen molar-refractivity contribution in [1.82, 2.24) is 0 Å². The third kappa shape index (κ3) is 6.42. The van der Waals surface area contributed by atoms with Gasteiger partial charge in [-0.15, -0.1) is 0 Å². The number of esters is 1. The molecule has 0 aromatic heterocycles. The molecule has 2 saturated heterocycles. The molecule has 2 rings (SSSR count). The summed E-state index contributed by atoms with van der Waals surface area (Å²) in [6, 6.07) is 0. The van der Waals surface area contributed by atoms with Gasteiger partial charge in [-0.2, -0.15) is 0 Å². The first-order chi connectivity index (χ1) is 11.2. The molecule has 134 valence electrons. The normalized spacial score (nSPS) is 29.0. The highest BCUT2D eigenvalue weighted by Gasteiger charge is 2.39. The Kier molecular flexibility index (Phi) is 8.38. The molecule has 0 spiro atoms. The maximum absolute atomic E-state index is 11.2. The minimum atomic E-state index is -0.364. The Hall–Kier alpha value is -0.610. The molecule has 2 aliphatic rings. The van der Waals surface area contributed by atoms with Crippen LogP contribution in [0.4, 0.5) is 0 Å². The summed E-state index contributed by atoms with van der Waals surface area (Å²) < 4.78 is 11.2. The number of unbranched alkanes of at least 4 members (excludes halogenated alkanes) is 7. The van der Waals surface area contributed by atoms with E-state index >= 15 is 0 Å².